The van der Waals surface area contributed by atoms with Crippen LogP contribution in [0.3, 0.4) is 0 Å². The fraction of sp³-hybridized carbons (Fsp3) is 0.588. The van der Waals surface area contributed by atoms with Crippen molar-refractivity contribution in [3.05, 3.63) is 34.6 Å². The van der Waals surface area contributed by atoms with Gasteiger partial charge in [0, 0.05) is 5.92 Å². The van der Waals surface area contributed by atoms with Gasteiger partial charge in [-0.05, 0) is 61.3 Å². The molecule has 20 heavy (non-hydrogen) atoms. The summed E-state index contributed by atoms with van der Waals surface area (Å²) >= 11 is 0. The first-order chi connectivity index (χ1) is 9.21. The Bertz CT molecular complexity index is 511. The summed E-state index contributed by atoms with van der Waals surface area (Å²) in [6, 6.07) is 3.46. The summed E-state index contributed by atoms with van der Waals surface area (Å²) in [5.41, 5.74) is 2.43. The molecule has 1 aromatic rings. The summed E-state index contributed by atoms with van der Waals surface area (Å²) in [6.07, 6.45) is 2.23. The molecule has 0 spiro atoms. The zero-order chi connectivity index (χ0) is 15.1. The van der Waals surface area contributed by atoms with E-state index in [1.165, 1.54) is 6.07 Å². The van der Waals surface area contributed by atoms with E-state index in [1.807, 2.05) is 19.9 Å². The highest BCUT2D eigenvalue weighted by atomic mass is 19.1. The fourth-order valence-corrected chi connectivity index (χ4v) is 3.58. The first-order valence-corrected chi connectivity index (χ1v) is 7.21. The second-order valence-electron chi connectivity index (χ2n) is 6.94. The van der Waals surface area contributed by atoms with E-state index in [-0.39, 0.29) is 17.2 Å². The van der Waals surface area contributed by atoms with Crippen LogP contribution in [-0.2, 0) is 4.79 Å². The van der Waals surface area contributed by atoms with Crippen molar-refractivity contribution in [1.29, 1.82) is 0 Å². The van der Waals surface area contributed by atoms with Crippen LogP contribution in [0.1, 0.15) is 55.7 Å². The van der Waals surface area contributed by atoms with Crippen LogP contribution in [0.5, 0.6) is 0 Å². The molecule has 2 unspecified atom stereocenters. The SMILES string of the molecule is Cc1cc(C)c(C2CC(C)(C)CCC2C(=O)O)c(F)c1. The van der Waals surface area contributed by atoms with Gasteiger partial charge in [-0.3, -0.25) is 4.79 Å². The first-order valence-electron chi connectivity index (χ1n) is 7.21. The third kappa shape index (κ3) is 2.87. The van der Waals surface area contributed by atoms with Gasteiger partial charge in [-0.1, -0.05) is 19.9 Å². The molecule has 110 valence electrons. The Balaban J connectivity index is 2.48. The molecule has 0 aromatic heterocycles. The van der Waals surface area contributed by atoms with Crippen LogP contribution in [-0.4, -0.2) is 11.1 Å². The van der Waals surface area contributed by atoms with Crippen molar-refractivity contribution in [1.82, 2.24) is 0 Å². The standard InChI is InChI=1S/C17H23FO2/c1-10-7-11(2)15(14(18)8-10)13-9-17(3,4)6-5-12(13)16(19)20/h7-8,12-13H,5-6,9H2,1-4H3,(H,19,20). The van der Waals surface area contributed by atoms with Gasteiger partial charge in [0.05, 0.1) is 5.92 Å². The number of hydrogen-bond donors (Lipinski definition) is 1. The lowest BCUT2D eigenvalue weighted by molar-refractivity contribution is -0.144. The molecular weight excluding hydrogens is 255 g/mol. The van der Waals surface area contributed by atoms with Crippen molar-refractivity contribution in [2.75, 3.05) is 0 Å². The van der Waals surface area contributed by atoms with Crippen LogP contribution >= 0.6 is 0 Å². The highest BCUT2D eigenvalue weighted by Crippen LogP contribution is 2.48. The average molecular weight is 278 g/mol. The van der Waals surface area contributed by atoms with Crippen molar-refractivity contribution in [2.24, 2.45) is 11.3 Å². The van der Waals surface area contributed by atoms with Gasteiger partial charge in [0.1, 0.15) is 5.82 Å². The molecule has 2 nitrogen and oxygen atoms in total. The maximum Gasteiger partial charge on any atom is 0.307 e. The monoisotopic (exact) mass is 278 g/mol. The highest BCUT2D eigenvalue weighted by molar-refractivity contribution is 5.72. The molecule has 0 radical (unpaired) electrons. The Kier molecular flexibility index (Phi) is 3.90. The van der Waals surface area contributed by atoms with Gasteiger partial charge >= 0.3 is 5.97 Å². The quantitative estimate of drug-likeness (QED) is 0.868. The number of halogens is 1. The predicted octanol–water partition coefficient (Wildman–Crippen LogP) is 4.44. The Morgan fingerprint density at radius 2 is 2.00 bits per heavy atom. The molecule has 1 aromatic carbocycles. The third-order valence-corrected chi connectivity index (χ3v) is 4.56. The normalized spacial score (nSPS) is 25.4. The van der Waals surface area contributed by atoms with Crippen LogP contribution in [0, 0.1) is 31.0 Å². The lowest BCUT2D eigenvalue weighted by atomic mass is 9.64. The van der Waals surface area contributed by atoms with Crippen LogP contribution in [0.4, 0.5) is 4.39 Å². The summed E-state index contributed by atoms with van der Waals surface area (Å²) in [4.78, 5) is 11.5. The zero-order valence-corrected chi connectivity index (χ0v) is 12.7. The van der Waals surface area contributed by atoms with E-state index in [1.54, 1.807) is 0 Å². The molecule has 0 heterocycles. The van der Waals surface area contributed by atoms with Crippen molar-refractivity contribution < 1.29 is 14.3 Å². The second-order valence-corrected chi connectivity index (χ2v) is 6.94. The van der Waals surface area contributed by atoms with Crippen LogP contribution in [0.2, 0.25) is 0 Å². The Morgan fingerprint density at radius 3 is 2.55 bits per heavy atom. The predicted molar refractivity (Wildman–Crippen MR) is 77.4 cm³/mol. The fourth-order valence-electron chi connectivity index (χ4n) is 3.58. The van der Waals surface area contributed by atoms with Gasteiger partial charge in [-0.2, -0.15) is 0 Å². The van der Waals surface area contributed by atoms with E-state index >= 15 is 0 Å². The molecule has 2 rings (SSSR count). The Morgan fingerprint density at radius 1 is 1.35 bits per heavy atom. The van der Waals surface area contributed by atoms with E-state index in [4.69, 9.17) is 0 Å². The Labute approximate surface area is 120 Å². The van der Waals surface area contributed by atoms with Crippen molar-refractivity contribution in [2.45, 2.75) is 52.9 Å². The topological polar surface area (TPSA) is 37.3 Å². The lowest BCUT2D eigenvalue weighted by Crippen LogP contribution is -2.33. The third-order valence-electron chi connectivity index (χ3n) is 4.56. The second kappa shape index (κ2) is 5.19. The molecule has 0 amide bonds. The summed E-state index contributed by atoms with van der Waals surface area (Å²) in [6.45, 7) is 8.02. The molecule has 1 N–H and O–H groups in total. The molecule has 0 bridgehead atoms. The number of rotatable bonds is 2. The van der Waals surface area contributed by atoms with Gasteiger partial charge in [-0.15, -0.1) is 0 Å². The summed E-state index contributed by atoms with van der Waals surface area (Å²) in [5.74, 6) is -1.75. The van der Waals surface area contributed by atoms with Crippen LogP contribution < -0.4 is 0 Å². The van der Waals surface area contributed by atoms with E-state index in [0.29, 0.717) is 12.0 Å². The molecule has 0 aliphatic heterocycles. The maximum absolute atomic E-state index is 14.4. The van der Waals surface area contributed by atoms with E-state index in [9.17, 15) is 14.3 Å². The minimum atomic E-state index is -0.801. The minimum absolute atomic E-state index is 0.0698. The summed E-state index contributed by atoms with van der Waals surface area (Å²) < 4.78 is 14.4. The van der Waals surface area contributed by atoms with Gasteiger partial charge in [0.2, 0.25) is 0 Å². The molecule has 1 aliphatic carbocycles. The van der Waals surface area contributed by atoms with Crippen molar-refractivity contribution in [3.8, 4) is 0 Å². The van der Waals surface area contributed by atoms with Gasteiger partial charge in [0.25, 0.3) is 0 Å². The average Bonchev–Trinajstić information content (AvgIpc) is 2.25. The molecule has 3 heteroatoms. The number of aryl methyl sites for hydroxylation is 2. The minimum Gasteiger partial charge on any atom is -0.481 e. The Hall–Kier alpha value is -1.38. The van der Waals surface area contributed by atoms with Gasteiger partial charge in [-0.25, -0.2) is 4.39 Å². The number of carboxylic acids is 1. The molecule has 1 aliphatic rings. The molecule has 1 fully saturated rings. The summed E-state index contributed by atoms with van der Waals surface area (Å²) in [5, 5.41) is 9.45. The number of carboxylic acid groups (broad SMARTS) is 1. The molecule has 1 saturated carbocycles. The largest absolute Gasteiger partial charge is 0.481 e. The molecule has 2 atom stereocenters. The van der Waals surface area contributed by atoms with E-state index < -0.39 is 11.9 Å². The summed E-state index contributed by atoms with van der Waals surface area (Å²) in [7, 11) is 0. The van der Waals surface area contributed by atoms with Crippen LogP contribution in [0.15, 0.2) is 12.1 Å². The van der Waals surface area contributed by atoms with Crippen molar-refractivity contribution >= 4 is 5.97 Å². The van der Waals surface area contributed by atoms with Gasteiger partial charge < -0.3 is 5.11 Å². The van der Waals surface area contributed by atoms with Crippen molar-refractivity contribution in [3.63, 3.8) is 0 Å². The smallest absolute Gasteiger partial charge is 0.307 e. The lowest BCUT2D eigenvalue weighted by Gasteiger charge is -2.40. The van der Waals surface area contributed by atoms with E-state index in [2.05, 4.69) is 13.8 Å². The number of benzene rings is 1. The number of hydrogen-bond acceptors (Lipinski definition) is 1. The highest BCUT2D eigenvalue weighted by Gasteiger charge is 2.40. The zero-order valence-electron chi connectivity index (χ0n) is 12.7. The number of carbonyl (C=O) groups is 1. The first kappa shape index (κ1) is 15.0. The van der Waals surface area contributed by atoms with Gasteiger partial charge in [0.15, 0.2) is 0 Å². The molecule has 0 saturated heterocycles. The van der Waals surface area contributed by atoms with E-state index in [0.717, 1.165) is 24.0 Å². The maximum atomic E-state index is 14.4. The number of aliphatic carboxylic acids is 1. The molecular formula is C17H23FO2. The van der Waals surface area contributed by atoms with Crippen LogP contribution in [0.25, 0.3) is 0 Å².